The molecule has 0 saturated carbocycles. The van der Waals surface area contributed by atoms with E-state index in [4.69, 9.17) is 0 Å². The van der Waals surface area contributed by atoms with Crippen LogP contribution in [0.5, 0.6) is 0 Å². The molecule has 0 N–H and O–H groups in total. The molecule has 0 amide bonds. The largest absolute Gasteiger partial charge is 0.310 e. The summed E-state index contributed by atoms with van der Waals surface area (Å²) < 4.78 is 5.18. The Morgan fingerprint density at radius 1 is 0.296 bits per heavy atom. The molecule has 254 valence electrons. The molecule has 0 unspecified atom stereocenters. The second-order valence-corrected chi connectivity index (χ2v) is 15.8. The lowest BCUT2D eigenvalue weighted by molar-refractivity contribution is 1.30. The summed E-state index contributed by atoms with van der Waals surface area (Å²) in [5, 5.41) is 10.2. The van der Waals surface area contributed by atoms with E-state index in [1.807, 2.05) is 22.7 Å². The summed E-state index contributed by atoms with van der Waals surface area (Å²) in [7, 11) is 0. The molecule has 0 bridgehead atoms. The Balaban J connectivity index is 1.22. The van der Waals surface area contributed by atoms with Crippen LogP contribution in [0.25, 0.3) is 61.9 Å². The smallest absolute Gasteiger partial charge is 0.0561 e. The summed E-state index contributed by atoms with van der Waals surface area (Å²) in [6.07, 6.45) is 0. The van der Waals surface area contributed by atoms with Gasteiger partial charge < -0.3 is 9.80 Å². The molecule has 0 aliphatic heterocycles. The molecule has 0 aliphatic rings. The standard InChI is InChI=1S/C50H32N2S2/c1-4-17-34(18-5-1)51(35-19-6-2-7-20-35)44-30-33-16-10-11-23-38(33)50-49(44)42-31-37(28-29-46(42)54-50)52(36-21-8-3-9-22-36)43-32-47-48(40-25-13-12-24-39(40)43)41-26-14-15-27-45(41)53-47/h1-32H. The van der Waals surface area contributed by atoms with E-state index in [1.165, 1.54) is 73.3 Å². The first-order chi connectivity index (χ1) is 26.8. The predicted molar refractivity (Wildman–Crippen MR) is 237 cm³/mol. The highest BCUT2D eigenvalue weighted by molar-refractivity contribution is 7.27. The molecule has 0 saturated heterocycles. The average molecular weight is 725 g/mol. The van der Waals surface area contributed by atoms with Gasteiger partial charge in [-0.3, -0.25) is 0 Å². The van der Waals surface area contributed by atoms with Crippen molar-refractivity contribution in [2.45, 2.75) is 0 Å². The molecule has 0 radical (unpaired) electrons. The predicted octanol–water partition coefficient (Wildman–Crippen LogP) is 15.7. The molecule has 11 rings (SSSR count). The molecule has 11 aromatic rings. The zero-order valence-electron chi connectivity index (χ0n) is 29.2. The maximum Gasteiger partial charge on any atom is 0.0561 e. The number of nitrogens with zero attached hydrogens (tertiary/aromatic N) is 2. The monoisotopic (exact) mass is 724 g/mol. The Labute approximate surface area is 321 Å². The Hall–Kier alpha value is -6.46. The minimum atomic E-state index is 1.13. The van der Waals surface area contributed by atoms with Crippen molar-refractivity contribution >= 4 is 119 Å². The Bertz CT molecular complexity index is 3130. The van der Waals surface area contributed by atoms with E-state index in [2.05, 4.69) is 204 Å². The van der Waals surface area contributed by atoms with Crippen LogP contribution in [0.2, 0.25) is 0 Å². The van der Waals surface area contributed by atoms with Crippen LogP contribution in [0.15, 0.2) is 194 Å². The number of hydrogen-bond donors (Lipinski definition) is 0. The van der Waals surface area contributed by atoms with Crippen LogP contribution in [0.1, 0.15) is 0 Å². The van der Waals surface area contributed by atoms with Gasteiger partial charge in [0.15, 0.2) is 0 Å². The van der Waals surface area contributed by atoms with Crippen molar-refractivity contribution in [3.63, 3.8) is 0 Å². The van der Waals surface area contributed by atoms with Crippen LogP contribution >= 0.6 is 22.7 Å². The average Bonchev–Trinajstić information content (AvgIpc) is 3.81. The van der Waals surface area contributed by atoms with Gasteiger partial charge in [-0.25, -0.2) is 0 Å². The molecule has 2 nitrogen and oxygen atoms in total. The fourth-order valence-electron chi connectivity index (χ4n) is 8.24. The van der Waals surface area contributed by atoms with Crippen molar-refractivity contribution < 1.29 is 0 Å². The molecular formula is C50H32N2S2. The molecular weight excluding hydrogens is 693 g/mol. The lowest BCUT2D eigenvalue weighted by Crippen LogP contribution is -2.11. The van der Waals surface area contributed by atoms with E-state index >= 15 is 0 Å². The highest BCUT2D eigenvalue weighted by Gasteiger charge is 2.23. The van der Waals surface area contributed by atoms with Gasteiger partial charge in [0.05, 0.1) is 11.4 Å². The van der Waals surface area contributed by atoms with E-state index in [0.717, 1.165) is 22.7 Å². The first kappa shape index (κ1) is 31.1. The van der Waals surface area contributed by atoms with Gasteiger partial charge in [0.1, 0.15) is 0 Å². The van der Waals surface area contributed by atoms with E-state index in [0.29, 0.717) is 0 Å². The lowest BCUT2D eigenvalue weighted by Gasteiger charge is -2.28. The Kier molecular flexibility index (Phi) is 7.25. The molecule has 0 atom stereocenters. The molecule has 2 heterocycles. The maximum atomic E-state index is 2.46. The van der Waals surface area contributed by atoms with E-state index in [1.54, 1.807) is 0 Å². The van der Waals surface area contributed by atoms with Crippen LogP contribution in [0.3, 0.4) is 0 Å². The van der Waals surface area contributed by atoms with Crippen LogP contribution in [-0.4, -0.2) is 0 Å². The third-order valence-corrected chi connectivity index (χ3v) is 12.9. The SMILES string of the molecule is c1ccc(N(c2ccc3sc4c5ccccc5cc(N(c5ccccc5)c5ccccc5)c4c3c2)c2cc3sc4ccccc4c3c3ccccc23)cc1. The molecule has 2 aromatic heterocycles. The van der Waals surface area contributed by atoms with Gasteiger partial charge in [-0.15, -0.1) is 22.7 Å². The highest BCUT2D eigenvalue weighted by Crippen LogP contribution is 2.51. The molecule has 54 heavy (non-hydrogen) atoms. The minimum absolute atomic E-state index is 1.13. The Morgan fingerprint density at radius 3 is 1.52 bits per heavy atom. The van der Waals surface area contributed by atoms with Gasteiger partial charge in [0.2, 0.25) is 0 Å². The van der Waals surface area contributed by atoms with Crippen molar-refractivity contribution in [2.75, 3.05) is 9.80 Å². The van der Waals surface area contributed by atoms with E-state index in [9.17, 15) is 0 Å². The van der Waals surface area contributed by atoms with E-state index in [-0.39, 0.29) is 0 Å². The maximum absolute atomic E-state index is 2.46. The Morgan fingerprint density at radius 2 is 0.833 bits per heavy atom. The fraction of sp³-hybridized carbons (Fsp3) is 0. The second kappa shape index (κ2) is 12.6. The number of para-hydroxylation sites is 3. The van der Waals surface area contributed by atoms with Gasteiger partial charge >= 0.3 is 0 Å². The first-order valence-corrected chi connectivity index (χ1v) is 19.9. The topological polar surface area (TPSA) is 6.48 Å². The highest BCUT2D eigenvalue weighted by atomic mass is 32.1. The number of fused-ring (bicyclic) bond motifs is 10. The van der Waals surface area contributed by atoms with Gasteiger partial charge in [-0.2, -0.15) is 0 Å². The summed E-state index contributed by atoms with van der Waals surface area (Å²) in [6, 6.07) is 70.8. The number of hydrogen-bond acceptors (Lipinski definition) is 4. The lowest BCUT2D eigenvalue weighted by atomic mass is 10.00. The van der Waals surface area contributed by atoms with Gasteiger partial charge in [-0.1, -0.05) is 121 Å². The summed E-state index contributed by atoms with van der Waals surface area (Å²) in [6.45, 7) is 0. The third kappa shape index (κ3) is 4.92. The van der Waals surface area contributed by atoms with Crippen molar-refractivity contribution in [1.82, 2.24) is 0 Å². The quantitative estimate of drug-likeness (QED) is 0.168. The van der Waals surface area contributed by atoms with E-state index < -0.39 is 0 Å². The zero-order chi connectivity index (χ0) is 35.6. The third-order valence-electron chi connectivity index (χ3n) is 10.6. The van der Waals surface area contributed by atoms with Crippen molar-refractivity contribution in [3.05, 3.63) is 194 Å². The fourth-order valence-corrected chi connectivity index (χ4v) is 10.6. The van der Waals surface area contributed by atoms with Crippen molar-refractivity contribution in [2.24, 2.45) is 0 Å². The first-order valence-electron chi connectivity index (χ1n) is 18.3. The summed E-state index contributed by atoms with van der Waals surface area (Å²) in [5.74, 6) is 0. The number of benzene rings is 9. The van der Waals surface area contributed by atoms with Crippen molar-refractivity contribution in [3.8, 4) is 0 Å². The second-order valence-electron chi connectivity index (χ2n) is 13.7. The molecule has 0 aliphatic carbocycles. The molecule has 0 spiro atoms. The van der Waals surface area contributed by atoms with Crippen LogP contribution in [-0.2, 0) is 0 Å². The van der Waals surface area contributed by atoms with Gasteiger partial charge in [0, 0.05) is 68.5 Å². The summed E-state index contributed by atoms with van der Waals surface area (Å²) >= 11 is 3.76. The van der Waals surface area contributed by atoms with Gasteiger partial charge in [-0.05, 0) is 89.0 Å². The summed E-state index contributed by atoms with van der Waals surface area (Å²) in [5.41, 5.74) is 6.87. The molecule has 0 fully saturated rings. The van der Waals surface area contributed by atoms with Gasteiger partial charge in [0.25, 0.3) is 0 Å². The molecule has 4 heteroatoms. The number of rotatable bonds is 6. The van der Waals surface area contributed by atoms with Crippen LogP contribution in [0, 0.1) is 0 Å². The van der Waals surface area contributed by atoms with Crippen LogP contribution in [0.4, 0.5) is 34.1 Å². The zero-order valence-corrected chi connectivity index (χ0v) is 30.8. The normalized spacial score (nSPS) is 11.7. The van der Waals surface area contributed by atoms with Crippen molar-refractivity contribution in [1.29, 1.82) is 0 Å². The summed E-state index contributed by atoms with van der Waals surface area (Å²) in [4.78, 5) is 4.88. The van der Waals surface area contributed by atoms with Crippen LogP contribution < -0.4 is 9.80 Å². The molecule has 9 aromatic carbocycles. The number of thiophene rings is 2. The minimum Gasteiger partial charge on any atom is -0.310 e. The number of anilines is 6.